The SMILES string of the molecule is COc1ccccc1OCCC(CN)c1ccc2c(c1)OCO2. The molecule has 1 aliphatic heterocycles. The van der Waals surface area contributed by atoms with Crippen molar-refractivity contribution < 1.29 is 18.9 Å². The van der Waals surface area contributed by atoms with Crippen LogP contribution in [0.15, 0.2) is 42.5 Å². The summed E-state index contributed by atoms with van der Waals surface area (Å²) < 4.78 is 21.9. The van der Waals surface area contributed by atoms with Crippen LogP contribution >= 0.6 is 0 Å². The van der Waals surface area contributed by atoms with E-state index in [4.69, 9.17) is 24.7 Å². The molecule has 3 rings (SSSR count). The molecule has 0 bridgehead atoms. The van der Waals surface area contributed by atoms with E-state index in [0.29, 0.717) is 13.2 Å². The smallest absolute Gasteiger partial charge is 0.231 e. The number of para-hydroxylation sites is 2. The van der Waals surface area contributed by atoms with Gasteiger partial charge in [0.2, 0.25) is 6.79 Å². The Morgan fingerprint density at radius 2 is 1.87 bits per heavy atom. The number of benzene rings is 2. The second kappa shape index (κ2) is 7.24. The summed E-state index contributed by atoms with van der Waals surface area (Å²) in [4.78, 5) is 0. The van der Waals surface area contributed by atoms with Gasteiger partial charge in [-0.25, -0.2) is 0 Å². The van der Waals surface area contributed by atoms with Crippen molar-refractivity contribution in [1.82, 2.24) is 0 Å². The molecular formula is C18H21NO4. The number of hydrogen-bond acceptors (Lipinski definition) is 5. The van der Waals surface area contributed by atoms with Gasteiger partial charge in [-0.2, -0.15) is 0 Å². The Morgan fingerprint density at radius 1 is 1.09 bits per heavy atom. The third-order valence-electron chi connectivity index (χ3n) is 3.95. The lowest BCUT2D eigenvalue weighted by atomic mass is 9.96. The van der Waals surface area contributed by atoms with Crippen LogP contribution in [-0.4, -0.2) is 27.1 Å². The monoisotopic (exact) mass is 315 g/mol. The van der Waals surface area contributed by atoms with Crippen LogP contribution < -0.4 is 24.7 Å². The Kier molecular flexibility index (Phi) is 4.88. The fourth-order valence-electron chi connectivity index (χ4n) is 2.64. The molecule has 0 aliphatic carbocycles. The van der Waals surface area contributed by atoms with Gasteiger partial charge >= 0.3 is 0 Å². The highest BCUT2D eigenvalue weighted by Crippen LogP contribution is 2.35. The summed E-state index contributed by atoms with van der Waals surface area (Å²) in [6.45, 7) is 1.40. The fraction of sp³-hybridized carbons (Fsp3) is 0.333. The maximum Gasteiger partial charge on any atom is 0.231 e. The molecule has 0 spiro atoms. The van der Waals surface area contributed by atoms with E-state index in [-0.39, 0.29) is 12.7 Å². The van der Waals surface area contributed by atoms with Crippen LogP contribution in [0.3, 0.4) is 0 Å². The zero-order valence-corrected chi connectivity index (χ0v) is 13.2. The van der Waals surface area contributed by atoms with E-state index in [9.17, 15) is 0 Å². The minimum atomic E-state index is 0.208. The molecule has 0 saturated carbocycles. The molecule has 2 aromatic rings. The van der Waals surface area contributed by atoms with E-state index in [1.807, 2.05) is 42.5 Å². The van der Waals surface area contributed by atoms with Gasteiger partial charge in [-0.1, -0.05) is 18.2 Å². The third kappa shape index (κ3) is 3.51. The Bertz CT molecular complexity index is 659. The standard InChI is InChI=1S/C18H21NO4/c1-20-15-4-2-3-5-16(15)21-9-8-14(11-19)13-6-7-17-18(10-13)23-12-22-17/h2-7,10,14H,8-9,11-12,19H2,1H3. The Balaban J connectivity index is 1.61. The minimum absolute atomic E-state index is 0.208. The van der Waals surface area contributed by atoms with E-state index in [0.717, 1.165) is 35.0 Å². The molecule has 0 aromatic heterocycles. The molecule has 1 heterocycles. The first-order valence-corrected chi connectivity index (χ1v) is 7.67. The maximum absolute atomic E-state index is 5.93. The van der Waals surface area contributed by atoms with Crippen molar-refractivity contribution >= 4 is 0 Å². The molecule has 2 aromatic carbocycles. The van der Waals surface area contributed by atoms with Gasteiger partial charge < -0.3 is 24.7 Å². The molecule has 2 N–H and O–H groups in total. The number of methoxy groups -OCH3 is 1. The predicted octanol–water partition coefficient (Wildman–Crippen LogP) is 2.94. The molecular weight excluding hydrogens is 294 g/mol. The van der Waals surface area contributed by atoms with Gasteiger partial charge in [0, 0.05) is 0 Å². The van der Waals surface area contributed by atoms with Crippen molar-refractivity contribution in [3.8, 4) is 23.0 Å². The molecule has 1 unspecified atom stereocenters. The molecule has 0 saturated heterocycles. The molecule has 1 atom stereocenters. The van der Waals surface area contributed by atoms with E-state index < -0.39 is 0 Å². The summed E-state index contributed by atoms with van der Waals surface area (Å²) in [7, 11) is 1.64. The summed E-state index contributed by atoms with van der Waals surface area (Å²) in [6, 6.07) is 13.6. The summed E-state index contributed by atoms with van der Waals surface area (Å²) >= 11 is 0. The van der Waals surface area contributed by atoms with Gasteiger partial charge in [-0.15, -0.1) is 0 Å². The third-order valence-corrected chi connectivity index (χ3v) is 3.95. The quantitative estimate of drug-likeness (QED) is 0.851. The highest BCUT2D eigenvalue weighted by Gasteiger charge is 2.17. The lowest BCUT2D eigenvalue weighted by Gasteiger charge is -2.17. The highest BCUT2D eigenvalue weighted by atomic mass is 16.7. The van der Waals surface area contributed by atoms with Gasteiger partial charge in [0.25, 0.3) is 0 Å². The number of rotatable bonds is 7. The fourth-order valence-corrected chi connectivity index (χ4v) is 2.64. The normalized spacial score (nSPS) is 13.7. The van der Waals surface area contributed by atoms with E-state index in [2.05, 4.69) is 0 Å². The number of ether oxygens (including phenoxy) is 4. The molecule has 5 nitrogen and oxygen atoms in total. The molecule has 1 aliphatic rings. The summed E-state index contributed by atoms with van der Waals surface area (Å²) in [5.41, 5.74) is 7.07. The van der Waals surface area contributed by atoms with Gasteiger partial charge in [0.1, 0.15) is 0 Å². The summed E-state index contributed by atoms with van der Waals surface area (Å²) in [5, 5.41) is 0. The predicted molar refractivity (Wildman–Crippen MR) is 87.5 cm³/mol. The Hall–Kier alpha value is -2.40. The van der Waals surface area contributed by atoms with Crippen molar-refractivity contribution in [2.75, 3.05) is 27.1 Å². The van der Waals surface area contributed by atoms with Crippen LogP contribution in [0.5, 0.6) is 23.0 Å². The first-order valence-electron chi connectivity index (χ1n) is 7.67. The molecule has 23 heavy (non-hydrogen) atoms. The Labute approximate surface area is 135 Å². The molecule has 0 fully saturated rings. The van der Waals surface area contributed by atoms with E-state index in [1.165, 1.54) is 0 Å². The van der Waals surface area contributed by atoms with Crippen LogP contribution in [-0.2, 0) is 0 Å². The zero-order chi connectivity index (χ0) is 16.1. The van der Waals surface area contributed by atoms with Crippen LogP contribution in [0.1, 0.15) is 17.9 Å². The Morgan fingerprint density at radius 3 is 2.65 bits per heavy atom. The molecule has 0 radical (unpaired) electrons. The van der Waals surface area contributed by atoms with Gasteiger partial charge in [0.05, 0.1) is 13.7 Å². The van der Waals surface area contributed by atoms with Gasteiger partial charge in [0.15, 0.2) is 23.0 Å². The van der Waals surface area contributed by atoms with Crippen LogP contribution in [0.25, 0.3) is 0 Å². The second-order valence-electron chi connectivity index (χ2n) is 5.33. The first-order chi connectivity index (χ1) is 11.3. The average Bonchev–Trinajstić information content (AvgIpc) is 3.06. The largest absolute Gasteiger partial charge is 0.493 e. The zero-order valence-electron chi connectivity index (χ0n) is 13.2. The van der Waals surface area contributed by atoms with Gasteiger partial charge in [-0.3, -0.25) is 0 Å². The van der Waals surface area contributed by atoms with Crippen molar-refractivity contribution in [3.63, 3.8) is 0 Å². The molecule has 0 amide bonds. The topological polar surface area (TPSA) is 62.9 Å². The van der Waals surface area contributed by atoms with Crippen molar-refractivity contribution in [1.29, 1.82) is 0 Å². The van der Waals surface area contributed by atoms with Crippen molar-refractivity contribution in [2.24, 2.45) is 5.73 Å². The lowest BCUT2D eigenvalue weighted by Crippen LogP contribution is -2.15. The van der Waals surface area contributed by atoms with Crippen LogP contribution in [0.4, 0.5) is 0 Å². The second-order valence-corrected chi connectivity index (χ2v) is 5.33. The summed E-state index contributed by atoms with van der Waals surface area (Å²) in [6.07, 6.45) is 0.814. The maximum atomic E-state index is 5.93. The minimum Gasteiger partial charge on any atom is -0.493 e. The van der Waals surface area contributed by atoms with E-state index in [1.54, 1.807) is 7.11 Å². The number of nitrogens with two attached hydrogens (primary N) is 1. The van der Waals surface area contributed by atoms with Gasteiger partial charge in [-0.05, 0) is 48.7 Å². The average molecular weight is 315 g/mol. The number of fused-ring (bicyclic) bond motifs is 1. The van der Waals surface area contributed by atoms with Crippen LogP contribution in [0.2, 0.25) is 0 Å². The summed E-state index contributed by atoms with van der Waals surface area (Å²) in [5.74, 6) is 3.26. The van der Waals surface area contributed by atoms with Crippen molar-refractivity contribution in [3.05, 3.63) is 48.0 Å². The lowest BCUT2D eigenvalue weighted by molar-refractivity contribution is 0.174. The van der Waals surface area contributed by atoms with Crippen molar-refractivity contribution in [2.45, 2.75) is 12.3 Å². The molecule has 5 heteroatoms. The highest BCUT2D eigenvalue weighted by molar-refractivity contribution is 5.45. The van der Waals surface area contributed by atoms with E-state index >= 15 is 0 Å². The first kappa shape index (κ1) is 15.5. The molecule has 122 valence electrons. The van der Waals surface area contributed by atoms with Crippen LogP contribution in [0, 0.1) is 0 Å². The number of hydrogen-bond donors (Lipinski definition) is 1.